The highest BCUT2D eigenvalue weighted by atomic mass is 16.2. The van der Waals surface area contributed by atoms with Gasteiger partial charge in [0.25, 0.3) is 0 Å². The molecule has 0 bridgehead atoms. The van der Waals surface area contributed by atoms with Gasteiger partial charge in [0.15, 0.2) is 0 Å². The SMILES string of the molecule is CNC(=O)NCCCCC1CCCN1. The highest BCUT2D eigenvalue weighted by Gasteiger charge is 2.12. The third-order valence-electron chi connectivity index (χ3n) is 2.65. The van der Waals surface area contributed by atoms with Crippen molar-refractivity contribution in [2.24, 2.45) is 0 Å². The molecule has 0 aliphatic carbocycles. The molecule has 1 atom stereocenters. The predicted octanol–water partition coefficient (Wildman–Crippen LogP) is 0.838. The maximum atomic E-state index is 10.8. The van der Waals surface area contributed by atoms with Crippen molar-refractivity contribution in [3.63, 3.8) is 0 Å². The number of hydrogen-bond acceptors (Lipinski definition) is 2. The average Bonchev–Trinajstić information content (AvgIpc) is 2.69. The van der Waals surface area contributed by atoms with E-state index in [1.165, 1.54) is 32.2 Å². The maximum Gasteiger partial charge on any atom is 0.314 e. The summed E-state index contributed by atoms with van der Waals surface area (Å²) in [6.07, 6.45) is 6.16. The van der Waals surface area contributed by atoms with Gasteiger partial charge in [-0.15, -0.1) is 0 Å². The molecule has 0 aromatic heterocycles. The molecule has 3 N–H and O–H groups in total. The molecule has 0 saturated carbocycles. The molecule has 1 heterocycles. The molecule has 1 fully saturated rings. The van der Waals surface area contributed by atoms with Gasteiger partial charge in [-0.05, 0) is 32.2 Å². The van der Waals surface area contributed by atoms with Crippen molar-refractivity contribution in [2.45, 2.75) is 38.1 Å². The van der Waals surface area contributed by atoms with Crippen LogP contribution in [0.4, 0.5) is 4.79 Å². The standard InChI is InChI=1S/C10H21N3O/c1-11-10(14)13-7-3-2-5-9-6-4-8-12-9/h9,12H,2-8H2,1H3,(H2,11,13,14). The molecule has 4 heteroatoms. The van der Waals surface area contributed by atoms with Crippen LogP contribution in [0.15, 0.2) is 0 Å². The smallest absolute Gasteiger partial charge is 0.314 e. The number of rotatable bonds is 5. The summed E-state index contributed by atoms with van der Waals surface area (Å²) in [5.74, 6) is 0. The van der Waals surface area contributed by atoms with Gasteiger partial charge in [-0.3, -0.25) is 0 Å². The topological polar surface area (TPSA) is 53.2 Å². The van der Waals surface area contributed by atoms with Crippen LogP contribution in [-0.2, 0) is 0 Å². The number of hydrogen-bond donors (Lipinski definition) is 3. The van der Waals surface area contributed by atoms with E-state index in [-0.39, 0.29) is 6.03 Å². The average molecular weight is 199 g/mol. The lowest BCUT2D eigenvalue weighted by molar-refractivity contribution is 0.242. The molecule has 82 valence electrons. The van der Waals surface area contributed by atoms with E-state index in [4.69, 9.17) is 0 Å². The molecule has 0 spiro atoms. The van der Waals surface area contributed by atoms with Crippen molar-refractivity contribution in [3.8, 4) is 0 Å². The van der Waals surface area contributed by atoms with Crippen LogP contribution in [0.1, 0.15) is 32.1 Å². The first kappa shape index (κ1) is 11.3. The molecular formula is C10H21N3O. The lowest BCUT2D eigenvalue weighted by atomic mass is 10.1. The summed E-state index contributed by atoms with van der Waals surface area (Å²) in [5.41, 5.74) is 0. The zero-order valence-corrected chi connectivity index (χ0v) is 8.94. The zero-order valence-electron chi connectivity index (χ0n) is 8.94. The Kier molecular flexibility index (Phi) is 5.37. The maximum absolute atomic E-state index is 10.8. The monoisotopic (exact) mass is 199 g/mol. The Bertz CT molecular complexity index is 167. The number of unbranched alkanes of at least 4 members (excludes halogenated alkanes) is 1. The molecule has 0 aromatic carbocycles. The first-order valence-corrected chi connectivity index (χ1v) is 5.52. The minimum absolute atomic E-state index is 0.0796. The number of nitrogens with one attached hydrogen (secondary N) is 3. The van der Waals surface area contributed by atoms with E-state index in [1.54, 1.807) is 7.05 Å². The first-order chi connectivity index (χ1) is 6.83. The Morgan fingerprint density at radius 3 is 3.00 bits per heavy atom. The van der Waals surface area contributed by atoms with Crippen molar-refractivity contribution < 1.29 is 4.79 Å². The van der Waals surface area contributed by atoms with Gasteiger partial charge in [-0.25, -0.2) is 4.79 Å². The van der Waals surface area contributed by atoms with E-state index >= 15 is 0 Å². The summed E-state index contributed by atoms with van der Waals surface area (Å²) < 4.78 is 0. The third-order valence-corrected chi connectivity index (χ3v) is 2.65. The highest BCUT2D eigenvalue weighted by molar-refractivity contribution is 5.73. The molecule has 1 rings (SSSR count). The summed E-state index contributed by atoms with van der Waals surface area (Å²) in [7, 11) is 1.64. The van der Waals surface area contributed by atoms with Gasteiger partial charge >= 0.3 is 6.03 Å². The first-order valence-electron chi connectivity index (χ1n) is 5.52. The molecular weight excluding hydrogens is 178 g/mol. The van der Waals surface area contributed by atoms with Crippen LogP contribution in [0.3, 0.4) is 0 Å². The van der Waals surface area contributed by atoms with Crippen molar-refractivity contribution in [1.82, 2.24) is 16.0 Å². The van der Waals surface area contributed by atoms with E-state index in [2.05, 4.69) is 16.0 Å². The van der Waals surface area contributed by atoms with Crippen LogP contribution < -0.4 is 16.0 Å². The van der Waals surface area contributed by atoms with E-state index in [0.717, 1.165) is 19.0 Å². The van der Waals surface area contributed by atoms with Crippen LogP contribution in [-0.4, -0.2) is 32.2 Å². The fraction of sp³-hybridized carbons (Fsp3) is 0.900. The quantitative estimate of drug-likeness (QED) is 0.575. The van der Waals surface area contributed by atoms with Gasteiger partial charge in [0, 0.05) is 19.6 Å². The second-order valence-electron chi connectivity index (χ2n) is 3.79. The second-order valence-corrected chi connectivity index (χ2v) is 3.79. The molecule has 4 nitrogen and oxygen atoms in total. The molecule has 1 aliphatic heterocycles. The summed E-state index contributed by atoms with van der Waals surface area (Å²) in [6.45, 7) is 1.97. The molecule has 1 unspecified atom stereocenters. The Morgan fingerprint density at radius 1 is 1.50 bits per heavy atom. The van der Waals surface area contributed by atoms with Crippen molar-refractivity contribution in [1.29, 1.82) is 0 Å². The van der Waals surface area contributed by atoms with E-state index in [1.807, 2.05) is 0 Å². The number of urea groups is 1. The molecule has 1 aliphatic rings. The molecule has 0 radical (unpaired) electrons. The van der Waals surface area contributed by atoms with E-state index in [0.29, 0.717) is 0 Å². The molecule has 14 heavy (non-hydrogen) atoms. The van der Waals surface area contributed by atoms with Crippen LogP contribution in [0.25, 0.3) is 0 Å². The van der Waals surface area contributed by atoms with Crippen LogP contribution >= 0.6 is 0 Å². The lowest BCUT2D eigenvalue weighted by Gasteiger charge is -2.09. The summed E-state index contributed by atoms with van der Waals surface area (Å²) in [5, 5.41) is 8.79. The summed E-state index contributed by atoms with van der Waals surface area (Å²) >= 11 is 0. The Morgan fingerprint density at radius 2 is 2.36 bits per heavy atom. The third kappa shape index (κ3) is 4.46. The number of amides is 2. The van der Waals surface area contributed by atoms with Gasteiger partial charge < -0.3 is 16.0 Å². The van der Waals surface area contributed by atoms with Crippen molar-refractivity contribution >= 4 is 6.03 Å². The molecule has 1 saturated heterocycles. The normalized spacial score (nSPS) is 20.8. The fourth-order valence-corrected chi connectivity index (χ4v) is 1.81. The zero-order chi connectivity index (χ0) is 10.2. The van der Waals surface area contributed by atoms with Gasteiger partial charge in [0.05, 0.1) is 0 Å². The number of carbonyl (C=O) groups is 1. The van der Waals surface area contributed by atoms with E-state index in [9.17, 15) is 4.79 Å². The van der Waals surface area contributed by atoms with Crippen molar-refractivity contribution in [2.75, 3.05) is 20.1 Å². The summed E-state index contributed by atoms with van der Waals surface area (Å²) in [4.78, 5) is 10.8. The van der Waals surface area contributed by atoms with Gasteiger partial charge in [0.1, 0.15) is 0 Å². The minimum Gasteiger partial charge on any atom is -0.341 e. The van der Waals surface area contributed by atoms with E-state index < -0.39 is 0 Å². The van der Waals surface area contributed by atoms with Gasteiger partial charge in [-0.1, -0.05) is 6.42 Å². The van der Waals surface area contributed by atoms with Gasteiger partial charge in [-0.2, -0.15) is 0 Å². The largest absolute Gasteiger partial charge is 0.341 e. The minimum atomic E-state index is -0.0796. The molecule has 0 aromatic rings. The summed E-state index contributed by atoms with van der Waals surface area (Å²) in [6, 6.07) is 0.652. The fourth-order valence-electron chi connectivity index (χ4n) is 1.81. The van der Waals surface area contributed by atoms with Crippen LogP contribution in [0.2, 0.25) is 0 Å². The predicted molar refractivity (Wildman–Crippen MR) is 57.3 cm³/mol. The Hall–Kier alpha value is -0.770. The van der Waals surface area contributed by atoms with Crippen LogP contribution in [0, 0.1) is 0 Å². The van der Waals surface area contributed by atoms with Crippen LogP contribution in [0.5, 0.6) is 0 Å². The second kappa shape index (κ2) is 6.65. The van der Waals surface area contributed by atoms with Gasteiger partial charge in [0.2, 0.25) is 0 Å². The highest BCUT2D eigenvalue weighted by Crippen LogP contribution is 2.11. The molecule has 2 amide bonds. The lowest BCUT2D eigenvalue weighted by Crippen LogP contribution is -2.33. The Balaban J connectivity index is 1.86. The van der Waals surface area contributed by atoms with Crippen molar-refractivity contribution in [3.05, 3.63) is 0 Å². The Labute approximate surface area is 85.8 Å². The number of carbonyl (C=O) groups excluding carboxylic acids is 1.